The minimum absolute atomic E-state index is 0.0394. The van der Waals surface area contributed by atoms with Gasteiger partial charge < -0.3 is 4.74 Å². The average molecular weight is 407 g/mol. The Bertz CT molecular complexity index is 1060. The summed E-state index contributed by atoms with van der Waals surface area (Å²) in [6.07, 6.45) is 4.16. The van der Waals surface area contributed by atoms with E-state index in [-0.39, 0.29) is 16.8 Å². The number of esters is 1. The zero-order valence-electron chi connectivity index (χ0n) is 17.6. The Balaban J connectivity index is 1.68. The fourth-order valence-corrected chi connectivity index (χ4v) is 4.82. The molecule has 3 aromatic rings. The molecule has 0 atom stereocenters. The van der Waals surface area contributed by atoms with Crippen molar-refractivity contribution in [2.45, 2.75) is 51.4 Å². The van der Waals surface area contributed by atoms with E-state index in [0.717, 1.165) is 45.2 Å². The number of ether oxygens (including phenoxy) is 1. The van der Waals surface area contributed by atoms with Crippen molar-refractivity contribution < 1.29 is 9.53 Å². The minimum Gasteiger partial charge on any atom is -0.465 e. The summed E-state index contributed by atoms with van der Waals surface area (Å²) in [7, 11) is 1.39. The molecule has 1 aliphatic carbocycles. The molecule has 1 aliphatic rings. The van der Waals surface area contributed by atoms with Crippen molar-refractivity contribution in [3.05, 3.63) is 59.5 Å². The third-order valence-electron chi connectivity index (χ3n) is 5.88. The van der Waals surface area contributed by atoms with Crippen molar-refractivity contribution in [3.8, 4) is 21.0 Å². The average Bonchev–Trinajstić information content (AvgIpc) is 3.21. The number of fused-ring (bicyclic) bond motifs is 1. The lowest BCUT2D eigenvalue weighted by molar-refractivity contribution is 0.0601. The van der Waals surface area contributed by atoms with Gasteiger partial charge in [-0.1, -0.05) is 39.8 Å². The molecular formula is C24H26N2O2S. The molecule has 0 aliphatic heterocycles. The summed E-state index contributed by atoms with van der Waals surface area (Å²) in [5, 5.41) is 0. The molecule has 0 bridgehead atoms. The zero-order valence-corrected chi connectivity index (χ0v) is 18.4. The first-order valence-corrected chi connectivity index (χ1v) is 10.7. The maximum atomic E-state index is 11.6. The minimum atomic E-state index is -0.321. The van der Waals surface area contributed by atoms with Crippen LogP contribution in [-0.4, -0.2) is 23.0 Å². The first-order chi connectivity index (χ1) is 13.7. The number of carbonyl (C=O) groups is 1. The van der Waals surface area contributed by atoms with Crippen LogP contribution in [0.4, 0.5) is 0 Å². The van der Waals surface area contributed by atoms with E-state index in [1.54, 1.807) is 23.5 Å². The Kier molecular flexibility index (Phi) is 4.82. The molecule has 0 saturated carbocycles. The van der Waals surface area contributed by atoms with Crippen molar-refractivity contribution in [3.63, 3.8) is 0 Å². The van der Waals surface area contributed by atoms with Gasteiger partial charge in [-0.25, -0.2) is 9.78 Å². The van der Waals surface area contributed by atoms with Crippen molar-refractivity contribution in [1.29, 1.82) is 0 Å². The van der Waals surface area contributed by atoms with E-state index in [1.807, 2.05) is 18.3 Å². The topological polar surface area (TPSA) is 52.1 Å². The lowest BCUT2D eigenvalue weighted by Crippen LogP contribution is -2.36. The van der Waals surface area contributed by atoms with Crippen LogP contribution in [0, 0.1) is 0 Å². The van der Waals surface area contributed by atoms with Gasteiger partial charge in [0.2, 0.25) is 0 Å². The van der Waals surface area contributed by atoms with Gasteiger partial charge in [-0.05, 0) is 42.7 Å². The highest BCUT2D eigenvalue weighted by molar-refractivity contribution is 7.18. The second-order valence-electron chi connectivity index (χ2n) is 8.95. The molecule has 4 rings (SSSR count). The Morgan fingerprint density at radius 2 is 1.55 bits per heavy atom. The van der Waals surface area contributed by atoms with Crippen LogP contribution in [0.25, 0.3) is 21.0 Å². The predicted molar refractivity (Wildman–Crippen MR) is 117 cm³/mol. The van der Waals surface area contributed by atoms with Gasteiger partial charge in [0.25, 0.3) is 0 Å². The molecule has 29 heavy (non-hydrogen) atoms. The van der Waals surface area contributed by atoms with Gasteiger partial charge in [0.1, 0.15) is 0 Å². The van der Waals surface area contributed by atoms with Crippen LogP contribution in [0.15, 0.2) is 42.6 Å². The maximum Gasteiger partial charge on any atom is 0.337 e. The standard InChI is InChI=1S/C24H26N2O2S/c1-23(2)12-13-24(3,4)21-20(23)25-14-17(26-21)19-11-10-18(29-19)15-6-8-16(9-7-15)22(27)28-5/h6-11,14H,12-13H2,1-5H3. The number of carbonyl (C=O) groups excluding carboxylic acids is 1. The molecule has 2 aromatic heterocycles. The highest BCUT2D eigenvalue weighted by Crippen LogP contribution is 2.44. The van der Waals surface area contributed by atoms with Gasteiger partial charge in [0.05, 0.1) is 40.8 Å². The number of hydrogen-bond acceptors (Lipinski definition) is 5. The number of methoxy groups -OCH3 is 1. The van der Waals surface area contributed by atoms with Gasteiger partial charge in [0.15, 0.2) is 0 Å². The van der Waals surface area contributed by atoms with E-state index >= 15 is 0 Å². The second kappa shape index (κ2) is 7.06. The van der Waals surface area contributed by atoms with E-state index in [1.165, 1.54) is 7.11 Å². The van der Waals surface area contributed by atoms with Crippen LogP contribution in [0.3, 0.4) is 0 Å². The first-order valence-electron chi connectivity index (χ1n) is 9.88. The molecule has 0 radical (unpaired) electrons. The monoisotopic (exact) mass is 406 g/mol. The molecule has 0 saturated heterocycles. The number of rotatable bonds is 3. The van der Waals surface area contributed by atoms with Crippen LogP contribution < -0.4 is 0 Å². The number of nitrogens with zero attached hydrogens (tertiary/aromatic N) is 2. The van der Waals surface area contributed by atoms with Gasteiger partial charge in [-0.3, -0.25) is 4.98 Å². The summed E-state index contributed by atoms with van der Waals surface area (Å²) < 4.78 is 4.77. The van der Waals surface area contributed by atoms with Gasteiger partial charge >= 0.3 is 5.97 Å². The van der Waals surface area contributed by atoms with E-state index < -0.39 is 0 Å². The second-order valence-corrected chi connectivity index (χ2v) is 10.0. The smallest absolute Gasteiger partial charge is 0.337 e. The van der Waals surface area contributed by atoms with Gasteiger partial charge in [-0.2, -0.15) is 0 Å². The van der Waals surface area contributed by atoms with Crippen molar-refractivity contribution in [2.24, 2.45) is 0 Å². The van der Waals surface area contributed by atoms with Crippen LogP contribution in [-0.2, 0) is 15.6 Å². The third-order valence-corrected chi connectivity index (χ3v) is 7.04. The summed E-state index contributed by atoms with van der Waals surface area (Å²) in [5.41, 5.74) is 4.92. The molecule has 0 amide bonds. The quantitative estimate of drug-likeness (QED) is 0.500. The largest absolute Gasteiger partial charge is 0.465 e. The van der Waals surface area contributed by atoms with Crippen LogP contribution >= 0.6 is 11.3 Å². The maximum absolute atomic E-state index is 11.6. The SMILES string of the molecule is COC(=O)c1ccc(-c2ccc(-c3cnc4c(n3)C(C)(C)CCC4(C)C)s2)cc1. The van der Waals surface area contributed by atoms with E-state index in [2.05, 4.69) is 39.8 Å². The number of benzene rings is 1. The fraction of sp³-hybridized carbons (Fsp3) is 0.375. The Labute approximate surface area is 176 Å². The lowest BCUT2D eigenvalue weighted by Gasteiger charge is -2.39. The Hall–Kier alpha value is -2.53. The highest BCUT2D eigenvalue weighted by Gasteiger charge is 2.39. The Morgan fingerprint density at radius 3 is 2.21 bits per heavy atom. The lowest BCUT2D eigenvalue weighted by atomic mass is 9.67. The van der Waals surface area contributed by atoms with Crippen LogP contribution in [0.5, 0.6) is 0 Å². The number of aromatic nitrogens is 2. The van der Waals surface area contributed by atoms with Crippen LogP contribution in [0.2, 0.25) is 0 Å². The third kappa shape index (κ3) is 3.60. The summed E-state index contributed by atoms with van der Waals surface area (Å²) in [5.74, 6) is -0.321. The molecule has 1 aromatic carbocycles. The number of hydrogen-bond donors (Lipinski definition) is 0. The van der Waals surface area contributed by atoms with Crippen molar-refractivity contribution >= 4 is 17.3 Å². The van der Waals surface area contributed by atoms with Crippen molar-refractivity contribution in [2.75, 3.05) is 7.11 Å². The fourth-order valence-electron chi connectivity index (χ4n) is 3.86. The normalized spacial score (nSPS) is 16.9. The van der Waals surface area contributed by atoms with E-state index in [0.29, 0.717) is 5.56 Å². The van der Waals surface area contributed by atoms with Gasteiger partial charge in [0, 0.05) is 15.7 Å². The first kappa shape index (κ1) is 19.8. The molecular weight excluding hydrogens is 380 g/mol. The molecule has 0 N–H and O–H groups in total. The number of thiophene rings is 1. The summed E-state index contributed by atoms with van der Waals surface area (Å²) in [6, 6.07) is 11.7. The summed E-state index contributed by atoms with van der Waals surface area (Å²) >= 11 is 1.69. The van der Waals surface area contributed by atoms with E-state index in [4.69, 9.17) is 14.7 Å². The van der Waals surface area contributed by atoms with Crippen molar-refractivity contribution in [1.82, 2.24) is 9.97 Å². The molecule has 4 nitrogen and oxygen atoms in total. The van der Waals surface area contributed by atoms with Crippen LogP contribution in [0.1, 0.15) is 62.3 Å². The molecule has 0 spiro atoms. The molecule has 0 unspecified atom stereocenters. The zero-order chi connectivity index (χ0) is 20.8. The molecule has 5 heteroatoms. The van der Waals surface area contributed by atoms with Gasteiger partial charge in [-0.15, -0.1) is 11.3 Å². The predicted octanol–water partition coefficient (Wildman–Crippen LogP) is 6.01. The van der Waals surface area contributed by atoms with E-state index in [9.17, 15) is 4.79 Å². The Morgan fingerprint density at radius 1 is 0.931 bits per heavy atom. The highest BCUT2D eigenvalue weighted by atomic mass is 32.1. The summed E-state index contributed by atoms with van der Waals surface area (Å²) in [4.78, 5) is 23.8. The molecule has 2 heterocycles. The molecule has 0 fully saturated rings. The molecule has 150 valence electrons. The summed E-state index contributed by atoms with van der Waals surface area (Å²) in [6.45, 7) is 9.05.